The van der Waals surface area contributed by atoms with Crippen molar-refractivity contribution in [2.45, 2.75) is 6.54 Å². The van der Waals surface area contributed by atoms with Gasteiger partial charge < -0.3 is 9.64 Å². The molecule has 0 aromatic heterocycles. The Morgan fingerprint density at radius 2 is 1.95 bits per heavy atom. The summed E-state index contributed by atoms with van der Waals surface area (Å²) in [7, 11) is 3.08. The molecule has 0 saturated carbocycles. The van der Waals surface area contributed by atoms with Gasteiger partial charge in [-0.2, -0.15) is 0 Å². The highest BCUT2D eigenvalue weighted by Crippen LogP contribution is 2.16. The Balaban J connectivity index is 2.15. The van der Waals surface area contributed by atoms with E-state index in [-0.39, 0.29) is 18.0 Å². The fourth-order valence-electron chi connectivity index (χ4n) is 1.95. The van der Waals surface area contributed by atoms with Crippen LogP contribution in [0, 0.1) is 11.6 Å². The van der Waals surface area contributed by atoms with Gasteiger partial charge in [0.05, 0.1) is 7.11 Å². The monoisotopic (exact) mass is 291 g/mol. The molecule has 21 heavy (non-hydrogen) atoms. The van der Waals surface area contributed by atoms with Crippen LogP contribution in [0.1, 0.15) is 15.9 Å². The lowest BCUT2D eigenvalue weighted by Gasteiger charge is -2.18. The highest BCUT2D eigenvalue weighted by Gasteiger charge is 2.14. The number of hydrogen-bond donors (Lipinski definition) is 0. The minimum Gasteiger partial charge on any atom is -0.497 e. The van der Waals surface area contributed by atoms with Crippen LogP contribution in [0.25, 0.3) is 0 Å². The lowest BCUT2D eigenvalue weighted by molar-refractivity contribution is 0.0783. The fraction of sp³-hybridized carbons (Fsp3) is 0.188. The third kappa shape index (κ3) is 3.56. The average molecular weight is 291 g/mol. The standard InChI is InChI=1S/C16H15F2NO2/c1-19(10-12-6-7-13(17)9-15(12)18)16(20)11-4-3-5-14(8-11)21-2/h3-9H,10H2,1-2H3. The predicted octanol–water partition coefficient (Wildman–Crippen LogP) is 3.25. The largest absolute Gasteiger partial charge is 0.497 e. The zero-order valence-electron chi connectivity index (χ0n) is 11.8. The summed E-state index contributed by atoms with van der Waals surface area (Å²) in [5, 5.41) is 0. The maximum absolute atomic E-state index is 13.6. The van der Waals surface area contributed by atoms with E-state index in [0.29, 0.717) is 11.3 Å². The number of hydrogen-bond acceptors (Lipinski definition) is 2. The Kier molecular flexibility index (Phi) is 4.52. The van der Waals surface area contributed by atoms with Gasteiger partial charge in [0, 0.05) is 30.8 Å². The van der Waals surface area contributed by atoms with Crippen molar-refractivity contribution in [1.29, 1.82) is 0 Å². The molecular weight excluding hydrogens is 276 g/mol. The van der Waals surface area contributed by atoms with Crippen molar-refractivity contribution in [3.63, 3.8) is 0 Å². The summed E-state index contributed by atoms with van der Waals surface area (Å²) in [5.41, 5.74) is 0.703. The van der Waals surface area contributed by atoms with E-state index in [0.717, 1.165) is 6.07 Å². The fourth-order valence-corrected chi connectivity index (χ4v) is 1.95. The number of rotatable bonds is 4. The van der Waals surface area contributed by atoms with Gasteiger partial charge in [0.2, 0.25) is 0 Å². The Hall–Kier alpha value is -2.43. The molecule has 0 heterocycles. The van der Waals surface area contributed by atoms with Gasteiger partial charge in [0.1, 0.15) is 17.4 Å². The van der Waals surface area contributed by atoms with Crippen molar-refractivity contribution in [1.82, 2.24) is 4.90 Å². The van der Waals surface area contributed by atoms with Gasteiger partial charge >= 0.3 is 0 Å². The number of ether oxygens (including phenoxy) is 1. The number of amides is 1. The lowest BCUT2D eigenvalue weighted by Crippen LogP contribution is -2.26. The van der Waals surface area contributed by atoms with Crippen molar-refractivity contribution >= 4 is 5.91 Å². The van der Waals surface area contributed by atoms with Crippen molar-refractivity contribution in [2.75, 3.05) is 14.2 Å². The average Bonchev–Trinajstić information content (AvgIpc) is 2.49. The molecule has 0 bridgehead atoms. The van der Waals surface area contributed by atoms with E-state index in [1.54, 1.807) is 31.3 Å². The topological polar surface area (TPSA) is 29.5 Å². The molecule has 2 aromatic rings. The predicted molar refractivity (Wildman–Crippen MR) is 75.1 cm³/mol. The Labute approximate surface area is 121 Å². The third-order valence-corrected chi connectivity index (χ3v) is 3.09. The number of carbonyl (C=O) groups is 1. The molecule has 0 aliphatic carbocycles. The van der Waals surface area contributed by atoms with Crippen molar-refractivity contribution in [2.24, 2.45) is 0 Å². The molecular formula is C16H15F2NO2. The number of halogens is 2. The first kappa shape index (κ1) is 15.0. The molecule has 0 fully saturated rings. The van der Waals surface area contributed by atoms with Crippen molar-refractivity contribution in [3.8, 4) is 5.75 Å². The maximum Gasteiger partial charge on any atom is 0.254 e. The number of carbonyl (C=O) groups excluding carboxylic acids is 1. The summed E-state index contributed by atoms with van der Waals surface area (Å²) in [6.45, 7) is 0.0577. The van der Waals surface area contributed by atoms with E-state index in [2.05, 4.69) is 0 Å². The van der Waals surface area contributed by atoms with Crippen LogP contribution in [-0.2, 0) is 6.54 Å². The summed E-state index contributed by atoms with van der Waals surface area (Å²) in [6, 6.07) is 10.0. The van der Waals surface area contributed by atoms with Crippen molar-refractivity contribution in [3.05, 3.63) is 65.2 Å². The molecule has 110 valence electrons. The van der Waals surface area contributed by atoms with Gasteiger partial charge in [-0.3, -0.25) is 4.79 Å². The van der Waals surface area contributed by atoms with Gasteiger partial charge in [0.25, 0.3) is 5.91 Å². The molecule has 5 heteroatoms. The molecule has 0 aliphatic rings. The SMILES string of the molecule is COc1cccc(C(=O)N(C)Cc2ccc(F)cc2F)c1. The second-order valence-electron chi connectivity index (χ2n) is 4.63. The van der Waals surface area contributed by atoms with Crippen molar-refractivity contribution < 1.29 is 18.3 Å². The van der Waals surface area contributed by atoms with Crippen LogP contribution in [0.4, 0.5) is 8.78 Å². The molecule has 0 atom stereocenters. The number of benzene rings is 2. The summed E-state index contributed by atoms with van der Waals surface area (Å²) in [4.78, 5) is 13.6. The van der Waals surface area contributed by atoms with E-state index in [4.69, 9.17) is 4.74 Å². The van der Waals surface area contributed by atoms with E-state index >= 15 is 0 Å². The lowest BCUT2D eigenvalue weighted by atomic mass is 10.1. The van der Waals surface area contributed by atoms with Crippen LogP contribution in [-0.4, -0.2) is 25.0 Å². The van der Waals surface area contributed by atoms with Crippen LogP contribution in [0.15, 0.2) is 42.5 Å². The molecule has 0 unspecified atom stereocenters. The summed E-state index contributed by atoms with van der Waals surface area (Å²) >= 11 is 0. The van der Waals surface area contributed by atoms with Gasteiger partial charge in [0.15, 0.2) is 0 Å². The van der Waals surface area contributed by atoms with Gasteiger partial charge in [-0.05, 0) is 24.3 Å². The zero-order valence-corrected chi connectivity index (χ0v) is 11.8. The van der Waals surface area contributed by atoms with Gasteiger partial charge in [-0.25, -0.2) is 8.78 Å². The normalized spacial score (nSPS) is 10.3. The zero-order chi connectivity index (χ0) is 15.4. The summed E-state index contributed by atoms with van der Waals surface area (Å²) in [6.07, 6.45) is 0. The second-order valence-corrected chi connectivity index (χ2v) is 4.63. The number of nitrogens with zero attached hydrogens (tertiary/aromatic N) is 1. The highest BCUT2D eigenvalue weighted by molar-refractivity contribution is 5.94. The quantitative estimate of drug-likeness (QED) is 0.865. The van der Waals surface area contributed by atoms with E-state index in [9.17, 15) is 13.6 Å². The summed E-state index contributed by atoms with van der Waals surface area (Å²) in [5.74, 6) is -1.00. The molecule has 0 aliphatic heterocycles. The van der Waals surface area contributed by atoms with Gasteiger partial charge in [-0.15, -0.1) is 0 Å². The first-order chi connectivity index (χ1) is 10.0. The Morgan fingerprint density at radius 3 is 2.62 bits per heavy atom. The van der Waals surface area contributed by atoms with Crippen LogP contribution >= 0.6 is 0 Å². The molecule has 2 rings (SSSR count). The third-order valence-electron chi connectivity index (χ3n) is 3.09. The van der Waals surface area contributed by atoms with E-state index in [1.807, 2.05) is 0 Å². The first-order valence-corrected chi connectivity index (χ1v) is 6.34. The smallest absolute Gasteiger partial charge is 0.254 e. The number of methoxy groups -OCH3 is 1. The van der Waals surface area contributed by atoms with Crippen LogP contribution in [0.2, 0.25) is 0 Å². The van der Waals surface area contributed by atoms with E-state index < -0.39 is 11.6 Å². The maximum atomic E-state index is 13.6. The van der Waals surface area contributed by atoms with Crippen LogP contribution < -0.4 is 4.74 Å². The minimum absolute atomic E-state index is 0.0577. The molecule has 0 N–H and O–H groups in total. The molecule has 0 saturated heterocycles. The molecule has 0 spiro atoms. The highest BCUT2D eigenvalue weighted by atomic mass is 19.1. The summed E-state index contributed by atoms with van der Waals surface area (Å²) < 4.78 is 31.5. The van der Waals surface area contributed by atoms with Gasteiger partial charge in [-0.1, -0.05) is 12.1 Å². The van der Waals surface area contributed by atoms with Crippen LogP contribution in [0.3, 0.4) is 0 Å². The van der Waals surface area contributed by atoms with E-state index in [1.165, 1.54) is 24.1 Å². The molecule has 2 aromatic carbocycles. The Bertz CT molecular complexity index is 658. The van der Waals surface area contributed by atoms with Crippen LogP contribution in [0.5, 0.6) is 5.75 Å². The second kappa shape index (κ2) is 6.35. The first-order valence-electron chi connectivity index (χ1n) is 6.34. The minimum atomic E-state index is -0.666. The molecule has 3 nitrogen and oxygen atoms in total. The molecule has 0 radical (unpaired) electrons. The Morgan fingerprint density at radius 1 is 1.19 bits per heavy atom. The molecule has 1 amide bonds.